The molecular formula is C26H33FN2O3. The van der Waals surface area contributed by atoms with Crippen LogP contribution in [0, 0.1) is 5.82 Å². The van der Waals surface area contributed by atoms with Crippen LogP contribution in [-0.4, -0.2) is 35.4 Å². The molecule has 6 heteroatoms. The molecule has 2 aromatic rings. The predicted molar refractivity (Wildman–Crippen MR) is 123 cm³/mol. The van der Waals surface area contributed by atoms with E-state index in [-0.39, 0.29) is 31.0 Å². The Morgan fingerprint density at radius 2 is 1.78 bits per heavy atom. The van der Waals surface area contributed by atoms with Gasteiger partial charge in [0.25, 0.3) is 5.91 Å². The first kappa shape index (κ1) is 23.8. The molecule has 0 heterocycles. The fourth-order valence-corrected chi connectivity index (χ4v) is 4.01. The molecule has 2 aromatic carbocycles. The van der Waals surface area contributed by atoms with Crippen LogP contribution < -0.4 is 10.1 Å². The number of halogens is 1. The van der Waals surface area contributed by atoms with Gasteiger partial charge in [0.05, 0.1) is 0 Å². The van der Waals surface area contributed by atoms with E-state index in [2.05, 4.69) is 12.2 Å². The van der Waals surface area contributed by atoms with Gasteiger partial charge in [-0.3, -0.25) is 9.59 Å². The number of hydrogen-bond donors (Lipinski definition) is 1. The van der Waals surface area contributed by atoms with E-state index >= 15 is 0 Å². The first-order chi connectivity index (χ1) is 15.5. The average molecular weight is 441 g/mol. The lowest BCUT2D eigenvalue weighted by Gasteiger charge is -2.31. The van der Waals surface area contributed by atoms with Crippen LogP contribution in [0.1, 0.15) is 57.1 Å². The third kappa shape index (κ3) is 6.55. The Balaban J connectivity index is 1.70. The molecule has 3 rings (SSSR count). The molecular weight excluding hydrogens is 407 g/mol. The molecule has 0 saturated heterocycles. The van der Waals surface area contributed by atoms with Gasteiger partial charge in [-0.05, 0) is 49.9 Å². The Hall–Kier alpha value is -2.89. The van der Waals surface area contributed by atoms with Gasteiger partial charge in [-0.2, -0.15) is 0 Å². The third-order valence-electron chi connectivity index (χ3n) is 6.11. The first-order valence-corrected chi connectivity index (χ1v) is 11.5. The maximum absolute atomic E-state index is 14.3. The monoisotopic (exact) mass is 440 g/mol. The van der Waals surface area contributed by atoms with Gasteiger partial charge in [0.2, 0.25) is 5.91 Å². The molecule has 0 radical (unpaired) electrons. The highest BCUT2D eigenvalue weighted by atomic mass is 19.1. The molecule has 1 saturated carbocycles. The Morgan fingerprint density at radius 1 is 1.09 bits per heavy atom. The van der Waals surface area contributed by atoms with E-state index in [1.165, 1.54) is 23.0 Å². The number of ether oxygens (including phenoxy) is 1. The van der Waals surface area contributed by atoms with Gasteiger partial charge >= 0.3 is 0 Å². The maximum atomic E-state index is 14.3. The highest BCUT2D eigenvalue weighted by molar-refractivity contribution is 5.88. The quantitative estimate of drug-likeness (QED) is 0.618. The molecule has 32 heavy (non-hydrogen) atoms. The van der Waals surface area contributed by atoms with E-state index in [0.29, 0.717) is 11.3 Å². The summed E-state index contributed by atoms with van der Waals surface area (Å²) in [6.45, 7) is 3.54. The van der Waals surface area contributed by atoms with Gasteiger partial charge in [-0.25, -0.2) is 4.39 Å². The summed E-state index contributed by atoms with van der Waals surface area (Å²) in [6.07, 6.45) is 6.22. The molecule has 0 aromatic heterocycles. The zero-order chi connectivity index (χ0) is 22.9. The number of rotatable bonds is 9. The smallest absolute Gasteiger partial charge is 0.261 e. The van der Waals surface area contributed by atoms with Crippen LogP contribution in [0.3, 0.4) is 0 Å². The summed E-state index contributed by atoms with van der Waals surface area (Å²) in [7, 11) is 0. The summed E-state index contributed by atoms with van der Waals surface area (Å²) in [6, 6.07) is 13.3. The second kappa shape index (κ2) is 11.7. The molecule has 5 nitrogen and oxygen atoms in total. The van der Waals surface area contributed by atoms with E-state index in [1.807, 2.05) is 24.3 Å². The van der Waals surface area contributed by atoms with E-state index in [4.69, 9.17) is 4.74 Å². The molecule has 1 N–H and O–H groups in total. The molecule has 1 atom stereocenters. The number of aryl methyl sites for hydroxylation is 1. The molecule has 1 fully saturated rings. The summed E-state index contributed by atoms with van der Waals surface area (Å²) in [5.74, 6) is -0.394. The largest absolute Gasteiger partial charge is 0.484 e. The van der Waals surface area contributed by atoms with Crippen molar-refractivity contribution in [2.24, 2.45) is 0 Å². The number of nitrogens with one attached hydrogen (secondary N) is 1. The second-order valence-corrected chi connectivity index (χ2v) is 8.42. The van der Waals surface area contributed by atoms with Crippen molar-refractivity contribution in [2.75, 3.05) is 6.61 Å². The SMILES string of the molecule is CCc1ccc(OCC(=O)N(Cc2ccccc2F)[C@@H](C)C(=O)NC2CCCCC2)cc1. The van der Waals surface area contributed by atoms with Crippen LogP contribution in [0.25, 0.3) is 0 Å². The van der Waals surface area contributed by atoms with Crippen LogP contribution in [0.2, 0.25) is 0 Å². The topological polar surface area (TPSA) is 58.6 Å². The number of hydrogen-bond acceptors (Lipinski definition) is 3. The Kier molecular flexibility index (Phi) is 8.65. The highest BCUT2D eigenvalue weighted by Crippen LogP contribution is 2.19. The van der Waals surface area contributed by atoms with Crippen molar-refractivity contribution in [1.82, 2.24) is 10.2 Å². The number of carbonyl (C=O) groups is 2. The summed E-state index contributed by atoms with van der Waals surface area (Å²) < 4.78 is 20.0. The minimum Gasteiger partial charge on any atom is -0.484 e. The zero-order valence-electron chi connectivity index (χ0n) is 19.0. The van der Waals surface area contributed by atoms with E-state index in [1.54, 1.807) is 25.1 Å². The van der Waals surface area contributed by atoms with Gasteiger partial charge in [-0.1, -0.05) is 56.5 Å². The lowest BCUT2D eigenvalue weighted by atomic mass is 9.95. The Morgan fingerprint density at radius 3 is 2.44 bits per heavy atom. The minimum atomic E-state index is -0.741. The minimum absolute atomic E-state index is 0.00287. The second-order valence-electron chi connectivity index (χ2n) is 8.42. The third-order valence-corrected chi connectivity index (χ3v) is 6.11. The molecule has 1 aliphatic carbocycles. The van der Waals surface area contributed by atoms with Crippen LogP contribution in [0.4, 0.5) is 4.39 Å². The number of nitrogens with zero attached hydrogens (tertiary/aromatic N) is 1. The molecule has 0 unspecified atom stereocenters. The van der Waals surface area contributed by atoms with Crippen LogP contribution >= 0.6 is 0 Å². The number of amides is 2. The summed E-state index contributed by atoms with van der Waals surface area (Å²) in [5.41, 5.74) is 1.54. The van der Waals surface area contributed by atoms with Gasteiger partial charge in [-0.15, -0.1) is 0 Å². The van der Waals surface area contributed by atoms with Crippen molar-refractivity contribution < 1.29 is 18.7 Å². The highest BCUT2D eigenvalue weighted by Gasteiger charge is 2.29. The van der Waals surface area contributed by atoms with Gasteiger partial charge < -0.3 is 15.0 Å². The van der Waals surface area contributed by atoms with Crippen molar-refractivity contribution in [1.29, 1.82) is 0 Å². The predicted octanol–water partition coefficient (Wildman–Crippen LogP) is 4.63. The Labute approximate surface area is 190 Å². The van der Waals surface area contributed by atoms with Gasteiger partial charge in [0, 0.05) is 18.2 Å². The van der Waals surface area contributed by atoms with E-state index in [9.17, 15) is 14.0 Å². The summed E-state index contributed by atoms with van der Waals surface area (Å²) in [4.78, 5) is 27.4. The Bertz CT molecular complexity index is 894. The lowest BCUT2D eigenvalue weighted by Crippen LogP contribution is -2.51. The fourth-order valence-electron chi connectivity index (χ4n) is 4.01. The molecule has 0 spiro atoms. The van der Waals surface area contributed by atoms with Gasteiger partial charge in [0.15, 0.2) is 6.61 Å². The van der Waals surface area contributed by atoms with Crippen molar-refractivity contribution >= 4 is 11.8 Å². The molecule has 0 aliphatic heterocycles. The molecule has 1 aliphatic rings. The maximum Gasteiger partial charge on any atom is 0.261 e. The normalized spacial score (nSPS) is 15.1. The van der Waals surface area contributed by atoms with Crippen LogP contribution in [0.15, 0.2) is 48.5 Å². The summed E-state index contributed by atoms with van der Waals surface area (Å²) >= 11 is 0. The van der Waals surface area contributed by atoms with Crippen molar-refractivity contribution in [2.45, 2.75) is 71.0 Å². The van der Waals surface area contributed by atoms with E-state index < -0.39 is 11.9 Å². The van der Waals surface area contributed by atoms with Crippen molar-refractivity contribution in [3.05, 3.63) is 65.5 Å². The van der Waals surface area contributed by atoms with Crippen LogP contribution in [-0.2, 0) is 22.6 Å². The first-order valence-electron chi connectivity index (χ1n) is 11.5. The molecule has 2 amide bonds. The standard InChI is InChI=1S/C26H33FN2O3/c1-3-20-13-15-23(16-14-20)32-18-25(30)29(17-21-9-7-8-12-24(21)27)19(2)26(31)28-22-10-5-4-6-11-22/h7-9,12-16,19,22H,3-6,10-11,17-18H2,1-2H3,(H,28,31)/t19-/m0/s1. The number of carbonyl (C=O) groups excluding carboxylic acids is 2. The molecule has 0 bridgehead atoms. The number of benzene rings is 2. The van der Waals surface area contributed by atoms with Crippen molar-refractivity contribution in [3.8, 4) is 5.75 Å². The van der Waals surface area contributed by atoms with Crippen LogP contribution in [0.5, 0.6) is 5.75 Å². The lowest BCUT2D eigenvalue weighted by molar-refractivity contribution is -0.142. The van der Waals surface area contributed by atoms with E-state index in [0.717, 1.165) is 32.1 Å². The zero-order valence-corrected chi connectivity index (χ0v) is 19.0. The van der Waals surface area contributed by atoms with Gasteiger partial charge in [0.1, 0.15) is 17.6 Å². The fraction of sp³-hybridized carbons (Fsp3) is 0.462. The average Bonchev–Trinajstić information content (AvgIpc) is 2.82. The summed E-state index contributed by atoms with van der Waals surface area (Å²) in [5, 5.41) is 3.07. The van der Waals surface area contributed by atoms with Crippen molar-refractivity contribution in [3.63, 3.8) is 0 Å². The molecule has 172 valence electrons.